The van der Waals surface area contributed by atoms with E-state index in [-0.39, 0.29) is 24.2 Å². The van der Waals surface area contributed by atoms with Crippen LogP contribution in [0.4, 0.5) is 4.39 Å². The zero-order valence-corrected chi connectivity index (χ0v) is 13.4. The molecule has 0 bridgehead atoms. The molecule has 0 aromatic heterocycles. The minimum Gasteiger partial charge on any atom is -0.379 e. The molecule has 5 nitrogen and oxygen atoms in total. The van der Waals surface area contributed by atoms with E-state index in [1.54, 1.807) is 6.07 Å². The summed E-state index contributed by atoms with van der Waals surface area (Å²) in [6.45, 7) is 1.78. The molecule has 2 N–H and O–H groups in total. The number of halogens is 1. The van der Waals surface area contributed by atoms with Crippen LogP contribution in [0.3, 0.4) is 0 Å². The molecule has 2 unspecified atom stereocenters. The molecule has 2 fully saturated rings. The Morgan fingerprint density at radius 2 is 2.14 bits per heavy atom. The topological polar surface area (TPSA) is 72.6 Å². The second-order valence-electron chi connectivity index (χ2n) is 6.19. The predicted octanol–water partition coefficient (Wildman–Crippen LogP) is 0.950. The molecule has 22 heavy (non-hydrogen) atoms. The van der Waals surface area contributed by atoms with E-state index in [1.807, 2.05) is 7.05 Å². The van der Waals surface area contributed by atoms with Gasteiger partial charge in [-0.15, -0.1) is 0 Å². The Morgan fingerprint density at radius 3 is 2.64 bits per heavy atom. The summed E-state index contributed by atoms with van der Waals surface area (Å²) in [6.07, 6.45) is 0.870. The number of likely N-dealkylation sites (tertiary alicyclic amines) is 1. The van der Waals surface area contributed by atoms with Crippen LogP contribution in [-0.2, 0) is 14.6 Å². The Balaban J connectivity index is 1.87. The quantitative estimate of drug-likeness (QED) is 0.891. The highest BCUT2D eigenvalue weighted by Gasteiger charge is 2.36. The first-order chi connectivity index (χ1) is 10.4. The van der Waals surface area contributed by atoms with Crippen LogP contribution in [0.2, 0.25) is 0 Å². The van der Waals surface area contributed by atoms with Crippen molar-refractivity contribution in [1.29, 1.82) is 0 Å². The zero-order valence-electron chi connectivity index (χ0n) is 12.5. The lowest BCUT2D eigenvalue weighted by molar-refractivity contribution is 0.0415. The molecule has 1 aromatic rings. The minimum atomic E-state index is -3.64. The van der Waals surface area contributed by atoms with Crippen molar-refractivity contribution >= 4 is 9.84 Å². The minimum absolute atomic E-state index is 0.0897. The van der Waals surface area contributed by atoms with Crippen LogP contribution in [-0.4, -0.2) is 51.9 Å². The molecule has 0 spiro atoms. The van der Waals surface area contributed by atoms with Crippen molar-refractivity contribution in [2.45, 2.75) is 22.6 Å². The summed E-state index contributed by atoms with van der Waals surface area (Å²) >= 11 is 0. The van der Waals surface area contributed by atoms with Crippen LogP contribution in [0, 0.1) is 11.7 Å². The monoisotopic (exact) mass is 328 g/mol. The second kappa shape index (κ2) is 5.88. The maximum absolute atomic E-state index is 14.4. The summed E-state index contributed by atoms with van der Waals surface area (Å²) in [5.41, 5.74) is 6.52. The molecule has 7 heteroatoms. The number of nitrogens with two attached hydrogens (primary N) is 1. The van der Waals surface area contributed by atoms with Gasteiger partial charge in [-0.3, -0.25) is 4.90 Å². The van der Waals surface area contributed by atoms with E-state index in [2.05, 4.69) is 4.90 Å². The molecule has 2 saturated heterocycles. The third kappa shape index (κ3) is 2.67. The largest absolute Gasteiger partial charge is 0.379 e. The van der Waals surface area contributed by atoms with E-state index in [0.717, 1.165) is 18.5 Å². The highest BCUT2D eigenvalue weighted by Crippen LogP contribution is 2.35. The second-order valence-corrected chi connectivity index (χ2v) is 8.38. The Hall–Kier alpha value is -1.02. The van der Waals surface area contributed by atoms with Crippen molar-refractivity contribution < 1.29 is 17.5 Å². The summed E-state index contributed by atoms with van der Waals surface area (Å²) in [6, 6.07) is 4.55. The van der Waals surface area contributed by atoms with Crippen molar-refractivity contribution in [3.05, 3.63) is 29.6 Å². The lowest BCUT2D eigenvalue weighted by atomic mass is 10.00. The van der Waals surface area contributed by atoms with Crippen molar-refractivity contribution in [2.75, 3.05) is 33.4 Å². The van der Waals surface area contributed by atoms with E-state index in [9.17, 15) is 12.8 Å². The SMILES string of the molecule is CN1CC(CN)CC1c1ccc(S(=O)(=O)C2COC2)c(F)c1. The van der Waals surface area contributed by atoms with E-state index >= 15 is 0 Å². The fourth-order valence-corrected chi connectivity index (χ4v) is 4.69. The molecule has 0 saturated carbocycles. The number of sulfone groups is 1. The van der Waals surface area contributed by atoms with Crippen molar-refractivity contribution in [3.8, 4) is 0 Å². The van der Waals surface area contributed by atoms with Gasteiger partial charge in [-0.1, -0.05) is 6.07 Å². The molecule has 2 aliphatic rings. The molecule has 122 valence electrons. The molecule has 2 aliphatic heterocycles. The van der Waals surface area contributed by atoms with Gasteiger partial charge in [0.2, 0.25) is 0 Å². The Bertz CT molecular complexity index is 661. The molecule has 3 rings (SSSR count). The average Bonchev–Trinajstić information content (AvgIpc) is 2.77. The third-order valence-electron chi connectivity index (χ3n) is 4.66. The van der Waals surface area contributed by atoms with Gasteiger partial charge < -0.3 is 10.5 Å². The molecular weight excluding hydrogens is 307 g/mol. The van der Waals surface area contributed by atoms with Gasteiger partial charge in [0, 0.05) is 12.6 Å². The fraction of sp³-hybridized carbons (Fsp3) is 0.600. The number of nitrogens with zero attached hydrogens (tertiary/aromatic N) is 1. The summed E-state index contributed by atoms with van der Waals surface area (Å²) in [7, 11) is -1.66. The van der Waals surface area contributed by atoms with E-state index in [4.69, 9.17) is 10.5 Å². The standard InChI is InChI=1S/C15H21FN2O3S/c1-18-7-10(6-17)4-14(18)11-2-3-15(13(16)5-11)22(19,20)12-8-21-9-12/h2-3,5,10,12,14H,4,6-9,17H2,1H3. The van der Waals surface area contributed by atoms with Gasteiger partial charge in [-0.2, -0.15) is 0 Å². The maximum atomic E-state index is 14.4. The van der Waals surface area contributed by atoms with E-state index < -0.39 is 20.9 Å². The Labute approximate surface area is 130 Å². The number of rotatable bonds is 4. The summed E-state index contributed by atoms with van der Waals surface area (Å²) in [5.74, 6) is -0.275. The molecule has 0 aliphatic carbocycles. The molecular formula is C15H21FN2O3S. The molecule has 0 amide bonds. The summed E-state index contributed by atoms with van der Waals surface area (Å²) in [4.78, 5) is 1.92. The summed E-state index contributed by atoms with van der Waals surface area (Å²) in [5, 5.41) is -0.622. The molecule has 2 atom stereocenters. The average molecular weight is 328 g/mol. The van der Waals surface area contributed by atoms with Crippen LogP contribution in [0.1, 0.15) is 18.0 Å². The van der Waals surface area contributed by atoms with Gasteiger partial charge in [-0.25, -0.2) is 12.8 Å². The normalized spacial score (nSPS) is 27.0. The lowest BCUT2D eigenvalue weighted by Gasteiger charge is -2.26. The van der Waals surface area contributed by atoms with Gasteiger partial charge in [0.15, 0.2) is 9.84 Å². The van der Waals surface area contributed by atoms with Crippen LogP contribution < -0.4 is 5.73 Å². The van der Waals surface area contributed by atoms with Crippen LogP contribution in [0.15, 0.2) is 23.1 Å². The van der Waals surface area contributed by atoms with Crippen LogP contribution in [0.5, 0.6) is 0 Å². The molecule has 1 aromatic carbocycles. The Morgan fingerprint density at radius 1 is 1.41 bits per heavy atom. The zero-order chi connectivity index (χ0) is 15.9. The third-order valence-corrected chi connectivity index (χ3v) is 6.76. The van der Waals surface area contributed by atoms with Gasteiger partial charge in [0.25, 0.3) is 0 Å². The Kier molecular flexibility index (Phi) is 4.24. The molecule has 2 heterocycles. The number of hydrogen-bond donors (Lipinski definition) is 1. The maximum Gasteiger partial charge on any atom is 0.188 e. The van der Waals surface area contributed by atoms with Gasteiger partial charge >= 0.3 is 0 Å². The highest BCUT2D eigenvalue weighted by atomic mass is 32.2. The van der Waals surface area contributed by atoms with Gasteiger partial charge in [0.1, 0.15) is 16.0 Å². The lowest BCUT2D eigenvalue weighted by Crippen LogP contribution is -2.41. The van der Waals surface area contributed by atoms with Crippen molar-refractivity contribution in [3.63, 3.8) is 0 Å². The van der Waals surface area contributed by atoms with Gasteiger partial charge in [0.05, 0.1) is 13.2 Å². The first-order valence-electron chi connectivity index (χ1n) is 7.45. The number of benzene rings is 1. The first kappa shape index (κ1) is 15.9. The van der Waals surface area contributed by atoms with Crippen molar-refractivity contribution in [2.24, 2.45) is 11.7 Å². The fourth-order valence-electron chi connectivity index (χ4n) is 3.19. The van der Waals surface area contributed by atoms with Crippen LogP contribution >= 0.6 is 0 Å². The van der Waals surface area contributed by atoms with Gasteiger partial charge in [-0.05, 0) is 43.6 Å². The summed E-state index contributed by atoms with van der Waals surface area (Å²) < 4.78 is 43.8. The number of ether oxygens (including phenoxy) is 1. The number of hydrogen-bond acceptors (Lipinski definition) is 5. The highest BCUT2D eigenvalue weighted by molar-refractivity contribution is 7.92. The smallest absolute Gasteiger partial charge is 0.188 e. The van der Waals surface area contributed by atoms with E-state index in [0.29, 0.717) is 12.5 Å². The van der Waals surface area contributed by atoms with Crippen molar-refractivity contribution in [1.82, 2.24) is 4.90 Å². The predicted molar refractivity (Wildman–Crippen MR) is 80.7 cm³/mol. The van der Waals surface area contributed by atoms with E-state index in [1.165, 1.54) is 12.1 Å². The van der Waals surface area contributed by atoms with Crippen LogP contribution in [0.25, 0.3) is 0 Å². The molecule has 0 radical (unpaired) electrons. The first-order valence-corrected chi connectivity index (χ1v) is 8.99.